The van der Waals surface area contributed by atoms with E-state index in [1.54, 1.807) is 23.1 Å². The second kappa shape index (κ2) is 5.88. The van der Waals surface area contributed by atoms with E-state index in [9.17, 15) is 13.6 Å². The molecule has 9 heteroatoms. The molecule has 1 aromatic carbocycles. The molecular weight excluding hydrogens is 390 g/mol. The quantitative estimate of drug-likeness (QED) is 0.568. The van der Waals surface area contributed by atoms with Crippen LogP contribution in [0.1, 0.15) is 29.2 Å². The van der Waals surface area contributed by atoms with Crippen LogP contribution in [-0.2, 0) is 16.8 Å². The number of halogens is 2. The van der Waals surface area contributed by atoms with Crippen molar-refractivity contribution in [3.05, 3.63) is 77.5 Å². The van der Waals surface area contributed by atoms with E-state index in [1.807, 2.05) is 6.07 Å². The van der Waals surface area contributed by atoms with Gasteiger partial charge in [-0.25, -0.2) is 28.4 Å². The summed E-state index contributed by atoms with van der Waals surface area (Å²) in [6.45, 7) is 0.0305. The third kappa shape index (κ3) is 2.20. The van der Waals surface area contributed by atoms with Crippen molar-refractivity contribution < 1.29 is 13.6 Å². The predicted molar refractivity (Wildman–Crippen MR) is 103 cm³/mol. The van der Waals surface area contributed by atoms with Crippen LogP contribution in [0, 0.1) is 11.6 Å². The largest absolute Gasteiger partial charge is 0.310 e. The van der Waals surface area contributed by atoms with Gasteiger partial charge < -0.3 is 5.32 Å². The van der Waals surface area contributed by atoms with E-state index < -0.39 is 17.0 Å². The number of hydrogen-bond donors (Lipinski definition) is 1. The third-order valence-electron chi connectivity index (χ3n) is 6.01. The van der Waals surface area contributed by atoms with Gasteiger partial charge in [0, 0.05) is 34.8 Å². The highest BCUT2D eigenvalue weighted by Gasteiger charge is 2.67. The van der Waals surface area contributed by atoms with Crippen molar-refractivity contribution in [3.8, 4) is 0 Å². The molecule has 6 rings (SSSR count). The van der Waals surface area contributed by atoms with Crippen LogP contribution in [0.2, 0.25) is 0 Å². The van der Waals surface area contributed by atoms with Crippen LogP contribution in [0.4, 0.5) is 14.6 Å². The topological polar surface area (TPSA) is 85.6 Å². The van der Waals surface area contributed by atoms with E-state index in [1.165, 1.54) is 18.5 Å². The van der Waals surface area contributed by atoms with E-state index >= 15 is 0 Å². The van der Waals surface area contributed by atoms with Crippen LogP contribution >= 0.6 is 0 Å². The van der Waals surface area contributed by atoms with Crippen LogP contribution in [0.25, 0.3) is 11.0 Å². The summed E-state index contributed by atoms with van der Waals surface area (Å²) in [5, 5.41) is 8.30. The number of nitrogens with zero attached hydrogens (tertiary/aromatic N) is 5. The molecule has 2 aliphatic rings. The Hall–Kier alpha value is -3.75. The maximum Gasteiger partial charge on any atom is 0.237 e. The summed E-state index contributed by atoms with van der Waals surface area (Å²) < 4.78 is 29.4. The first kappa shape index (κ1) is 17.1. The van der Waals surface area contributed by atoms with Gasteiger partial charge >= 0.3 is 0 Å². The van der Waals surface area contributed by atoms with E-state index in [4.69, 9.17) is 0 Å². The Morgan fingerprint density at radius 3 is 3.00 bits per heavy atom. The molecule has 0 radical (unpaired) electrons. The van der Waals surface area contributed by atoms with Gasteiger partial charge in [-0.2, -0.15) is 5.10 Å². The average Bonchev–Trinajstić information content (AvgIpc) is 3.31. The SMILES string of the molecule is O=C1Nc2ncncc2C12CC2c1nn(Cc2cccc(F)c2F)c2ncccc12. The summed E-state index contributed by atoms with van der Waals surface area (Å²) in [5.41, 5.74) is 1.47. The van der Waals surface area contributed by atoms with E-state index in [-0.39, 0.29) is 23.9 Å². The molecule has 2 atom stereocenters. The van der Waals surface area contributed by atoms with Crippen LogP contribution in [0.15, 0.2) is 49.1 Å². The molecule has 30 heavy (non-hydrogen) atoms. The van der Waals surface area contributed by atoms with Crippen molar-refractivity contribution in [1.29, 1.82) is 0 Å². The monoisotopic (exact) mass is 404 g/mol. The van der Waals surface area contributed by atoms with Crippen LogP contribution in [0.5, 0.6) is 0 Å². The van der Waals surface area contributed by atoms with Crippen LogP contribution in [-0.4, -0.2) is 30.6 Å². The lowest BCUT2D eigenvalue weighted by atomic mass is 9.95. The molecule has 2 unspecified atom stereocenters. The van der Waals surface area contributed by atoms with Crippen molar-refractivity contribution in [1.82, 2.24) is 24.7 Å². The lowest BCUT2D eigenvalue weighted by Gasteiger charge is -2.06. The Morgan fingerprint density at radius 2 is 2.10 bits per heavy atom. The number of nitrogens with one attached hydrogen (secondary N) is 1. The lowest BCUT2D eigenvalue weighted by Crippen LogP contribution is -2.21. The third-order valence-corrected chi connectivity index (χ3v) is 6.01. The zero-order valence-electron chi connectivity index (χ0n) is 15.5. The number of anilines is 1. The van der Waals surface area contributed by atoms with E-state index in [0.717, 1.165) is 17.0 Å². The Kier molecular flexibility index (Phi) is 3.36. The zero-order chi connectivity index (χ0) is 20.5. The highest BCUT2D eigenvalue weighted by Crippen LogP contribution is 2.64. The summed E-state index contributed by atoms with van der Waals surface area (Å²) in [7, 11) is 0. The van der Waals surface area contributed by atoms with Crippen molar-refractivity contribution in [2.75, 3.05) is 5.32 Å². The number of carbonyl (C=O) groups is 1. The van der Waals surface area contributed by atoms with Crippen molar-refractivity contribution in [3.63, 3.8) is 0 Å². The van der Waals surface area contributed by atoms with Gasteiger partial charge in [-0.3, -0.25) is 4.79 Å². The fourth-order valence-corrected chi connectivity index (χ4v) is 4.47. The number of hydrogen-bond acceptors (Lipinski definition) is 5. The smallest absolute Gasteiger partial charge is 0.237 e. The van der Waals surface area contributed by atoms with Gasteiger partial charge in [0.05, 0.1) is 17.7 Å². The van der Waals surface area contributed by atoms with Crippen LogP contribution < -0.4 is 5.32 Å². The van der Waals surface area contributed by atoms with Gasteiger partial charge in [-0.05, 0) is 24.6 Å². The number of rotatable bonds is 3. The maximum atomic E-state index is 14.2. The van der Waals surface area contributed by atoms with Crippen molar-refractivity contribution in [2.45, 2.75) is 24.3 Å². The fourth-order valence-electron chi connectivity index (χ4n) is 4.47. The Morgan fingerprint density at radius 1 is 1.20 bits per heavy atom. The molecule has 1 aliphatic carbocycles. The molecule has 7 nitrogen and oxygen atoms in total. The minimum absolute atomic E-state index is 0.0305. The highest BCUT2D eigenvalue weighted by molar-refractivity contribution is 6.09. The molecule has 1 aliphatic heterocycles. The lowest BCUT2D eigenvalue weighted by molar-refractivity contribution is -0.118. The van der Waals surface area contributed by atoms with Crippen LogP contribution in [0.3, 0.4) is 0 Å². The molecule has 4 aromatic rings. The van der Waals surface area contributed by atoms with E-state index in [0.29, 0.717) is 23.6 Å². The number of carbonyl (C=O) groups excluding carboxylic acids is 1. The minimum Gasteiger partial charge on any atom is -0.310 e. The average molecular weight is 404 g/mol. The van der Waals surface area contributed by atoms with Gasteiger partial charge in [0.2, 0.25) is 5.91 Å². The van der Waals surface area contributed by atoms with Crippen molar-refractivity contribution >= 4 is 22.8 Å². The molecule has 1 saturated carbocycles. The van der Waals surface area contributed by atoms with E-state index in [2.05, 4.69) is 25.4 Å². The predicted octanol–water partition coefficient (Wildman–Crippen LogP) is 2.93. The second-order valence-electron chi connectivity index (χ2n) is 7.60. The zero-order valence-corrected chi connectivity index (χ0v) is 15.5. The molecular formula is C21H14F2N6O. The normalized spacial score (nSPS) is 21.8. The number of pyridine rings is 1. The van der Waals surface area contributed by atoms with Gasteiger partial charge in [-0.15, -0.1) is 0 Å². The molecule has 1 amide bonds. The number of benzene rings is 1. The highest BCUT2D eigenvalue weighted by atomic mass is 19.2. The standard InChI is InChI=1S/C21H14F2N6O/c22-15-5-1-3-11(16(15)23)9-29-19-12(4-2-6-25-19)17(28-29)13-7-21(13)14-8-24-10-26-18(14)27-20(21)30/h1-6,8,10,13H,7,9H2,(H,24,26,27,30). The Labute approximate surface area is 168 Å². The molecule has 0 saturated heterocycles. The van der Waals surface area contributed by atoms with Gasteiger partial charge in [0.1, 0.15) is 12.1 Å². The van der Waals surface area contributed by atoms with Gasteiger partial charge in [-0.1, -0.05) is 12.1 Å². The number of aromatic nitrogens is 5. The molecule has 1 fully saturated rings. The molecule has 1 N–H and O–H groups in total. The molecule has 3 aromatic heterocycles. The Bertz CT molecular complexity index is 1350. The summed E-state index contributed by atoms with van der Waals surface area (Å²) in [6.07, 6.45) is 5.27. The maximum absolute atomic E-state index is 14.2. The first-order valence-corrected chi connectivity index (χ1v) is 9.46. The summed E-state index contributed by atoms with van der Waals surface area (Å²) in [4.78, 5) is 25.4. The van der Waals surface area contributed by atoms with Gasteiger partial charge in [0.15, 0.2) is 17.3 Å². The molecule has 4 heterocycles. The Balaban J connectivity index is 1.46. The summed E-state index contributed by atoms with van der Waals surface area (Å²) in [6, 6.07) is 7.73. The summed E-state index contributed by atoms with van der Waals surface area (Å²) >= 11 is 0. The molecule has 148 valence electrons. The molecule has 1 spiro atoms. The summed E-state index contributed by atoms with van der Waals surface area (Å²) in [5.74, 6) is -1.57. The first-order chi connectivity index (χ1) is 14.6. The van der Waals surface area contributed by atoms with Gasteiger partial charge in [0.25, 0.3) is 0 Å². The number of fused-ring (bicyclic) bond motifs is 3. The number of amides is 1. The van der Waals surface area contributed by atoms with Crippen molar-refractivity contribution in [2.24, 2.45) is 0 Å². The molecule has 0 bridgehead atoms. The first-order valence-electron chi connectivity index (χ1n) is 9.46. The second-order valence-corrected chi connectivity index (χ2v) is 7.60. The minimum atomic E-state index is -0.905. The fraction of sp³-hybridized carbons (Fsp3) is 0.190.